The quantitative estimate of drug-likeness (QED) is 0.664. The van der Waals surface area contributed by atoms with Crippen LogP contribution in [-0.4, -0.2) is 18.9 Å². The van der Waals surface area contributed by atoms with E-state index in [1.165, 1.54) is 6.92 Å². The van der Waals surface area contributed by atoms with Crippen LogP contribution in [0.5, 0.6) is 0 Å². The number of hydrogen-bond donors (Lipinski definition) is 0. The van der Waals surface area contributed by atoms with Crippen molar-refractivity contribution in [2.24, 2.45) is 4.99 Å². The molecule has 82 valence electrons. The number of nitrogens with zero attached hydrogens (tertiary/aromatic N) is 2. The fourth-order valence-corrected chi connectivity index (χ4v) is 1.62. The molecule has 0 bridgehead atoms. The van der Waals surface area contributed by atoms with Crippen LogP contribution >= 0.6 is 0 Å². The van der Waals surface area contributed by atoms with Crippen molar-refractivity contribution in [2.75, 3.05) is 12.0 Å². The highest BCUT2D eigenvalue weighted by Gasteiger charge is 2.18. The van der Waals surface area contributed by atoms with Crippen molar-refractivity contribution in [1.82, 2.24) is 0 Å². The number of anilines is 1. The fraction of sp³-hybridized carbons (Fsp3) is 0.167. The van der Waals surface area contributed by atoms with Crippen LogP contribution in [0.3, 0.4) is 0 Å². The van der Waals surface area contributed by atoms with Gasteiger partial charge < -0.3 is 4.74 Å². The lowest BCUT2D eigenvalue weighted by atomic mass is 10.1. The third-order valence-electron chi connectivity index (χ3n) is 2.33. The molecule has 0 fully saturated rings. The summed E-state index contributed by atoms with van der Waals surface area (Å²) in [5.74, 6) is 0.451. The Balaban J connectivity index is 2.59. The molecule has 0 saturated heterocycles. The van der Waals surface area contributed by atoms with Gasteiger partial charge in [0.2, 0.25) is 11.8 Å². The van der Waals surface area contributed by atoms with Gasteiger partial charge in [-0.25, -0.2) is 4.99 Å². The van der Waals surface area contributed by atoms with E-state index in [-0.39, 0.29) is 5.91 Å². The van der Waals surface area contributed by atoms with Crippen LogP contribution in [0.2, 0.25) is 0 Å². The molecule has 1 aliphatic heterocycles. The number of rotatable bonds is 0. The van der Waals surface area contributed by atoms with Crippen molar-refractivity contribution >= 4 is 17.5 Å². The Morgan fingerprint density at radius 2 is 2.12 bits per heavy atom. The minimum Gasteiger partial charge on any atom is -0.481 e. The zero-order valence-corrected chi connectivity index (χ0v) is 9.18. The number of carbonyl (C=O) groups is 1. The Hall–Kier alpha value is -2.10. The van der Waals surface area contributed by atoms with E-state index in [2.05, 4.69) is 4.99 Å². The highest BCUT2D eigenvalue weighted by atomic mass is 16.5. The van der Waals surface area contributed by atoms with Gasteiger partial charge in [-0.3, -0.25) is 9.69 Å². The predicted octanol–water partition coefficient (Wildman–Crippen LogP) is 1.92. The zero-order chi connectivity index (χ0) is 11.5. The molecule has 0 aliphatic carbocycles. The number of ether oxygens (including phenoxy) is 1. The van der Waals surface area contributed by atoms with Gasteiger partial charge in [-0.1, -0.05) is 12.1 Å². The first kappa shape index (κ1) is 10.4. The summed E-state index contributed by atoms with van der Waals surface area (Å²) in [6, 6.07) is 7.50. The molecule has 1 amide bonds. The first-order valence-electron chi connectivity index (χ1n) is 4.91. The average Bonchev–Trinajstić information content (AvgIpc) is 2.47. The minimum absolute atomic E-state index is 0.0590. The van der Waals surface area contributed by atoms with Gasteiger partial charge in [-0.2, -0.15) is 0 Å². The standard InChI is InChI=1S/C12H12N2O2/c1-9(15)14-8-7-13-12(16-2)10-5-3-4-6-11(10)14/h3-8H,1-2H3. The second kappa shape index (κ2) is 4.18. The van der Waals surface area contributed by atoms with Crippen LogP contribution < -0.4 is 4.90 Å². The zero-order valence-electron chi connectivity index (χ0n) is 9.18. The summed E-state index contributed by atoms with van der Waals surface area (Å²) in [7, 11) is 1.56. The van der Waals surface area contributed by atoms with E-state index in [9.17, 15) is 4.79 Å². The number of amides is 1. The smallest absolute Gasteiger partial charge is 0.227 e. The van der Waals surface area contributed by atoms with E-state index < -0.39 is 0 Å². The molecule has 1 heterocycles. The summed E-state index contributed by atoms with van der Waals surface area (Å²) < 4.78 is 5.19. The van der Waals surface area contributed by atoms with Gasteiger partial charge in [0.15, 0.2) is 0 Å². The number of aliphatic imine (C=N–C) groups is 1. The highest BCUT2D eigenvalue weighted by molar-refractivity contribution is 6.06. The summed E-state index contributed by atoms with van der Waals surface area (Å²) in [5, 5.41) is 0. The third kappa shape index (κ3) is 1.69. The molecule has 0 aromatic heterocycles. The van der Waals surface area contributed by atoms with Gasteiger partial charge in [-0.15, -0.1) is 0 Å². The van der Waals surface area contributed by atoms with Crippen molar-refractivity contribution < 1.29 is 9.53 Å². The summed E-state index contributed by atoms with van der Waals surface area (Å²) >= 11 is 0. The maximum Gasteiger partial charge on any atom is 0.227 e. The molecule has 0 atom stereocenters. The van der Waals surface area contributed by atoms with Crippen LogP contribution in [0.15, 0.2) is 41.7 Å². The van der Waals surface area contributed by atoms with Gasteiger partial charge in [0.25, 0.3) is 0 Å². The van der Waals surface area contributed by atoms with Crippen LogP contribution in [0.25, 0.3) is 0 Å². The van der Waals surface area contributed by atoms with Gasteiger partial charge in [0, 0.05) is 19.3 Å². The lowest BCUT2D eigenvalue weighted by molar-refractivity contribution is -0.116. The van der Waals surface area contributed by atoms with E-state index in [4.69, 9.17) is 4.74 Å². The Morgan fingerprint density at radius 1 is 1.38 bits per heavy atom. The van der Waals surface area contributed by atoms with E-state index in [0.717, 1.165) is 11.3 Å². The molecule has 0 radical (unpaired) electrons. The van der Waals surface area contributed by atoms with Gasteiger partial charge in [0.1, 0.15) is 0 Å². The van der Waals surface area contributed by atoms with E-state index >= 15 is 0 Å². The van der Waals surface area contributed by atoms with Crippen LogP contribution in [0, 0.1) is 0 Å². The van der Waals surface area contributed by atoms with Crippen molar-refractivity contribution in [2.45, 2.75) is 6.92 Å². The largest absolute Gasteiger partial charge is 0.481 e. The Bertz CT molecular complexity index is 478. The molecule has 0 saturated carbocycles. The molecule has 0 spiro atoms. The lowest BCUT2D eigenvalue weighted by Crippen LogP contribution is -2.23. The molecule has 1 aromatic rings. The maximum atomic E-state index is 11.5. The number of fused-ring (bicyclic) bond motifs is 1. The van der Waals surface area contributed by atoms with E-state index in [0.29, 0.717) is 5.90 Å². The molecule has 1 aromatic carbocycles. The van der Waals surface area contributed by atoms with Crippen molar-refractivity contribution in [1.29, 1.82) is 0 Å². The second-order valence-electron chi connectivity index (χ2n) is 3.34. The van der Waals surface area contributed by atoms with E-state index in [1.807, 2.05) is 24.3 Å². The highest BCUT2D eigenvalue weighted by Crippen LogP contribution is 2.24. The predicted molar refractivity (Wildman–Crippen MR) is 62.3 cm³/mol. The molecule has 0 unspecified atom stereocenters. The molecule has 4 nitrogen and oxygen atoms in total. The van der Waals surface area contributed by atoms with Crippen LogP contribution in [-0.2, 0) is 9.53 Å². The van der Waals surface area contributed by atoms with E-state index in [1.54, 1.807) is 24.4 Å². The van der Waals surface area contributed by atoms with Crippen LogP contribution in [0.1, 0.15) is 12.5 Å². The molecule has 2 rings (SSSR count). The summed E-state index contributed by atoms with van der Waals surface area (Å²) in [5.41, 5.74) is 1.59. The monoisotopic (exact) mass is 216 g/mol. The molecular formula is C12H12N2O2. The normalized spacial score (nSPS) is 13.9. The van der Waals surface area contributed by atoms with Gasteiger partial charge in [0.05, 0.1) is 18.4 Å². The maximum absolute atomic E-state index is 11.5. The summed E-state index contributed by atoms with van der Waals surface area (Å²) in [6.07, 6.45) is 3.19. The van der Waals surface area contributed by atoms with Gasteiger partial charge >= 0.3 is 0 Å². The number of hydrogen-bond acceptors (Lipinski definition) is 3. The Kier molecular flexibility index (Phi) is 2.72. The lowest BCUT2D eigenvalue weighted by Gasteiger charge is -2.17. The number of methoxy groups -OCH3 is 1. The topological polar surface area (TPSA) is 41.9 Å². The molecule has 1 aliphatic rings. The number of para-hydroxylation sites is 1. The molecule has 16 heavy (non-hydrogen) atoms. The Morgan fingerprint density at radius 3 is 2.81 bits per heavy atom. The van der Waals surface area contributed by atoms with Crippen molar-refractivity contribution in [3.63, 3.8) is 0 Å². The Labute approximate surface area is 93.9 Å². The minimum atomic E-state index is -0.0590. The first-order chi connectivity index (χ1) is 7.74. The second-order valence-corrected chi connectivity index (χ2v) is 3.34. The molecule has 0 N–H and O–H groups in total. The first-order valence-corrected chi connectivity index (χ1v) is 4.91. The number of benzene rings is 1. The SMILES string of the molecule is COC1=NC=CN(C(C)=O)c2ccccc21. The summed E-state index contributed by atoms with van der Waals surface area (Å²) in [4.78, 5) is 17.2. The van der Waals surface area contributed by atoms with Crippen molar-refractivity contribution in [3.8, 4) is 0 Å². The third-order valence-corrected chi connectivity index (χ3v) is 2.33. The van der Waals surface area contributed by atoms with Crippen LogP contribution in [0.4, 0.5) is 5.69 Å². The van der Waals surface area contributed by atoms with Crippen molar-refractivity contribution in [3.05, 3.63) is 42.2 Å². The van der Waals surface area contributed by atoms with Gasteiger partial charge in [-0.05, 0) is 12.1 Å². The molecular weight excluding hydrogens is 204 g/mol. The fourth-order valence-electron chi connectivity index (χ4n) is 1.62. The average molecular weight is 216 g/mol. The molecule has 4 heteroatoms. The summed E-state index contributed by atoms with van der Waals surface area (Å²) in [6.45, 7) is 1.51. The number of carbonyl (C=O) groups excluding carboxylic acids is 1.